The van der Waals surface area contributed by atoms with Crippen LogP contribution in [0, 0.1) is 5.41 Å². The van der Waals surface area contributed by atoms with E-state index in [1.54, 1.807) is 24.3 Å². The van der Waals surface area contributed by atoms with Crippen molar-refractivity contribution in [2.24, 2.45) is 5.41 Å². The van der Waals surface area contributed by atoms with E-state index in [-0.39, 0.29) is 11.0 Å². The summed E-state index contributed by atoms with van der Waals surface area (Å²) < 4.78 is 34.1. The summed E-state index contributed by atoms with van der Waals surface area (Å²) in [6.45, 7) is 0. The van der Waals surface area contributed by atoms with E-state index < -0.39 is 26.9 Å². The molecule has 5 rings (SSSR count). The molecule has 0 spiro atoms. The number of benzene rings is 1. The molecule has 25 heavy (non-hydrogen) atoms. The third kappa shape index (κ3) is 3.15. The predicted molar refractivity (Wildman–Crippen MR) is 90.9 cm³/mol. The zero-order valence-corrected chi connectivity index (χ0v) is 14.8. The van der Waals surface area contributed by atoms with Gasteiger partial charge >= 0.3 is 5.97 Å². The fourth-order valence-corrected chi connectivity index (χ4v) is 5.57. The molecule has 7 heteroatoms. The minimum atomic E-state index is -3.63. The van der Waals surface area contributed by atoms with E-state index in [9.17, 15) is 18.3 Å². The maximum Gasteiger partial charge on any atom is 0.309 e. The number of sulfonamides is 1. The van der Waals surface area contributed by atoms with E-state index in [1.165, 1.54) is 0 Å². The van der Waals surface area contributed by atoms with Crippen LogP contribution in [0.4, 0.5) is 0 Å². The number of nitrogens with one attached hydrogen (secondary N) is 1. The van der Waals surface area contributed by atoms with Gasteiger partial charge in [-0.1, -0.05) is 0 Å². The number of aliphatic carboxylic acids is 1. The van der Waals surface area contributed by atoms with Crippen molar-refractivity contribution in [3.8, 4) is 5.75 Å². The van der Waals surface area contributed by atoms with E-state index in [0.29, 0.717) is 44.3 Å². The lowest BCUT2D eigenvalue weighted by Gasteiger charge is -2.51. The topological polar surface area (TPSA) is 92.7 Å². The van der Waals surface area contributed by atoms with Crippen molar-refractivity contribution in [1.29, 1.82) is 0 Å². The van der Waals surface area contributed by atoms with Crippen molar-refractivity contribution >= 4 is 16.0 Å². The quantitative estimate of drug-likeness (QED) is 0.808. The lowest BCUT2D eigenvalue weighted by molar-refractivity contribution is -0.156. The van der Waals surface area contributed by atoms with Crippen molar-refractivity contribution < 1.29 is 23.1 Å². The predicted octanol–water partition coefficient (Wildman–Crippen LogP) is 2.68. The van der Waals surface area contributed by atoms with E-state index in [4.69, 9.17) is 4.74 Å². The normalized spacial score (nSPS) is 31.7. The molecular formula is C18H23NO5S. The molecule has 4 aliphatic carbocycles. The van der Waals surface area contributed by atoms with Crippen LogP contribution in [0.1, 0.15) is 51.4 Å². The van der Waals surface area contributed by atoms with Crippen molar-refractivity contribution in [2.45, 2.75) is 67.9 Å². The first-order chi connectivity index (χ1) is 11.8. The molecule has 0 amide bonds. The smallest absolute Gasteiger partial charge is 0.309 e. The molecule has 4 aliphatic rings. The van der Waals surface area contributed by atoms with E-state index >= 15 is 0 Å². The second-order valence-corrected chi connectivity index (χ2v) is 9.44. The highest BCUT2D eigenvalue weighted by molar-refractivity contribution is 7.89. The van der Waals surface area contributed by atoms with Gasteiger partial charge in [0.05, 0.1) is 16.4 Å². The molecule has 0 atom stereocenters. The molecule has 0 aromatic heterocycles. The lowest BCUT2D eigenvalue weighted by atomic mass is 9.57. The van der Waals surface area contributed by atoms with Gasteiger partial charge in [-0.05, 0) is 75.6 Å². The van der Waals surface area contributed by atoms with Gasteiger partial charge in [-0.25, -0.2) is 13.1 Å². The minimum Gasteiger partial charge on any atom is -0.490 e. The maximum atomic E-state index is 12.8. The highest BCUT2D eigenvalue weighted by Crippen LogP contribution is 2.52. The second kappa shape index (κ2) is 5.71. The summed E-state index contributed by atoms with van der Waals surface area (Å²) in [7, 11) is -3.63. The number of hydrogen-bond donors (Lipinski definition) is 2. The zero-order chi connectivity index (χ0) is 17.7. The average molecular weight is 365 g/mol. The summed E-state index contributed by atoms with van der Waals surface area (Å²) >= 11 is 0. The van der Waals surface area contributed by atoms with Crippen LogP contribution >= 0.6 is 0 Å². The van der Waals surface area contributed by atoms with Crippen molar-refractivity contribution in [1.82, 2.24) is 4.72 Å². The van der Waals surface area contributed by atoms with Crippen LogP contribution in [0.3, 0.4) is 0 Å². The summed E-state index contributed by atoms with van der Waals surface area (Å²) in [5.41, 5.74) is -1.14. The molecule has 4 fully saturated rings. The van der Waals surface area contributed by atoms with Gasteiger partial charge in [0.2, 0.25) is 10.0 Å². The Morgan fingerprint density at radius 1 is 1.04 bits per heavy atom. The number of fused-ring (bicyclic) bond motifs is 3. The molecule has 6 nitrogen and oxygen atoms in total. The Hall–Kier alpha value is -1.60. The third-order valence-corrected chi connectivity index (χ3v) is 7.61. The molecule has 136 valence electrons. The number of hydrogen-bond acceptors (Lipinski definition) is 4. The van der Waals surface area contributed by atoms with Crippen LogP contribution in [0.2, 0.25) is 0 Å². The van der Waals surface area contributed by atoms with Gasteiger partial charge in [0.15, 0.2) is 0 Å². The molecule has 1 aromatic rings. The Bertz CT molecular complexity index is 758. The fraction of sp³-hybridized carbons (Fsp3) is 0.611. The molecule has 0 aliphatic heterocycles. The highest BCUT2D eigenvalue weighted by atomic mass is 32.2. The molecule has 4 saturated carbocycles. The first kappa shape index (κ1) is 16.8. The van der Waals surface area contributed by atoms with E-state index in [1.807, 2.05) is 0 Å². The number of rotatable bonds is 6. The minimum absolute atomic E-state index is 0.227. The summed E-state index contributed by atoms with van der Waals surface area (Å²) in [6, 6.07) is 6.54. The molecule has 2 N–H and O–H groups in total. The van der Waals surface area contributed by atoms with Gasteiger partial charge in [0, 0.05) is 5.54 Å². The van der Waals surface area contributed by atoms with Gasteiger partial charge < -0.3 is 9.84 Å². The fourth-order valence-electron chi connectivity index (χ4n) is 4.08. The van der Waals surface area contributed by atoms with Gasteiger partial charge in [-0.15, -0.1) is 0 Å². The van der Waals surface area contributed by atoms with Crippen LogP contribution in [0.5, 0.6) is 5.75 Å². The summed E-state index contributed by atoms with van der Waals surface area (Å²) in [4.78, 5) is 11.7. The number of carboxylic acids is 1. The molecule has 0 heterocycles. The second-order valence-electron chi connectivity index (χ2n) is 7.76. The zero-order valence-electron chi connectivity index (χ0n) is 14.0. The monoisotopic (exact) mass is 365 g/mol. The Kier molecular flexibility index (Phi) is 3.85. The molecule has 0 unspecified atom stereocenters. The molecule has 0 saturated heterocycles. The molecule has 0 radical (unpaired) electrons. The van der Waals surface area contributed by atoms with Gasteiger partial charge in [-0.3, -0.25) is 4.79 Å². The largest absolute Gasteiger partial charge is 0.490 e. The lowest BCUT2D eigenvalue weighted by Crippen LogP contribution is -2.58. The molecule has 1 aromatic carbocycles. The summed E-state index contributed by atoms with van der Waals surface area (Å²) in [5.74, 6) is -0.0453. The average Bonchev–Trinajstić information content (AvgIpc) is 3.40. The number of carbonyl (C=O) groups is 1. The Morgan fingerprint density at radius 3 is 2.08 bits per heavy atom. The van der Waals surface area contributed by atoms with Gasteiger partial charge in [0.25, 0.3) is 0 Å². The molecular weight excluding hydrogens is 342 g/mol. The van der Waals surface area contributed by atoms with Crippen LogP contribution in [-0.2, 0) is 14.8 Å². The van der Waals surface area contributed by atoms with Crippen LogP contribution in [-0.4, -0.2) is 31.1 Å². The Labute approximate surface area is 147 Å². The van der Waals surface area contributed by atoms with Gasteiger partial charge in [-0.2, -0.15) is 0 Å². The summed E-state index contributed by atoms with van der Waals surface area (Å²) in [5, 5.41) is 9.45. The number of ether oxygens (including phenoxy) is 1. The number of carboxylic acid groups (broad SMARTS) is 1. The first-order valence-electron chi connectivity index (χ1n) is 8.87. The van der Waals surface area contributed by atoms with Crippen LogP contribution in [0.25, 0.3) is 0 Å². The SMILES string of the molecule is O=C(O)C12CCC(NS(=O)(=O)c3ccc(OC4CC4)cc3)(CC1)CC2. The van der Waals surface area contributed by atoms with Crippen molar-refractivity contribution in [3.63, 3.8) is 0 Å². The van der Waals surface area contributed by atoms with Crippen molar-refractivity contribution in [3.05, 3.63) is 24.3 Å². The maximum absolute atomic E-state index is 12.8. The molecule has 2 bridgehead atoms. The Morgan fingerprint density at radius 2 is 1.60 bits per heavy atom. The standard InChI is InChI=1S/C18H23NO5S/c20-16(21)17-7-10-18(11-8-17,12-9-17)19-25(22,23)15-5-3-14(4-6-15)24-13-1-2-13/h3-6,13,19H,1-2,7-12H2,(H,20,21). The Balaban J connectivity index is 1.47. The highest BCUT2D eigenvalue weighted by Gasteiger charge is 2.53. The third-order valence-electron chi connectivity index (χ3n) is 6.01. The van der Waals surface area contributed by atoms with Crippen LogP contribution < -0.4 is 9.46 Å². The van der Waals surface area contributed by atoms with Gasteiger partial charge in [0.1, 0.15) is 5.75 Å². The first-order valence-corrected chi connectivity index (χ1v) is 10.4. The van der Waals surface area contributed by atoms with E-state index in [0.717, 1.165) is 12.8 Å². The van der Waals surface area contributed by atoms with Crippen LogP contribution in [0.15, 0.2) is 29.2 Å². The van der Waals surface area contributed by atoms with Crippen molar-refractivity contribution in [2.75, 3.05) is 0 Å². The summed E-state index contributed by atoms with van der Waals surface area (Å²) in [6.07, 6.45) is 5.77. The van der Waals surface area contributed by atoms with E-state index in [2.05, 4.69) is 4.72 Å².